The van der Waals surface area contributed by atoms with Crippen LogP contribution in [0.4, 0.5) is 0 Å². The third kappa shape index (κ3) is 5.11. The molecule has 0 saturated heterocycles. The van der Waals surface area contributed by atoms with E-state index in [1.165, 1.54) is 60.0 Å². The Kier molecular flexibility index (Phi) is 7.31. The van der Waals surface area contributed by atoms with Gasteiger partial charge >= 0.3 is 0 Å². The second kappa shape index (κ2) is 13.2. The van der Waals surface area contributed by atoms with Gasteiger partial charge in [0, 0.05) is 43.7 Å². The molecule has 0 radical (unpaired) electrons. The number of hydrogen-bond acceptors (Lipinski definition) is 2. The van der Waals surface area contributed by atoms with Crippen LogP contribution in [0, 0.1) is 0 Å². The monoisotopic (exact) mass is 777 g/mol. The molecule has 284 valence electrons. The van der Waals surface area contributed by atoms with Crippen molar-refractivity contribution in [3.8, 4) is 50.4 Å². The molecule has 3 nitrogen and oxygen atoms in total. The first-order valence-corrected chi connectivity index (χ1v) is 20.8. The highest BCUT2D eigenvalue weighted by atomic mass is 16.3. The van der Waals surface area contributed by atoms with Crippen molar-refractivity contribution in [3.63, 3.8) is 0 Å². The summed E-state index contributed by atoms with van der Waals surface area (Å²) >= 11 is 0. The molecule has 10 aromatic carbocycles. The molecule has 13 aromatic rings. The predicted molar refractivity (Wildman–Crippen MR) is 255 cm³/mol. The van der Waals surface area contributed by atoms with Gasteiger partial charge in [-0.15, -0.1) is 0 Å². The molecule has 0 atom stereocenters. The Morgan fingerprint density at radius 1 is 0.262 bits per heavy atom. The van der Waals surface area contributed by atoms with Gasteiger partial charge in [-0.05, 0) is 97.9 Å². The minimum absolute atomic E-state index is 0.835. The molecule has 0 aliphatic rings. The summed E-state index contributed by atoms with van der Waals surface area (Å²) in [6.45, 7) is 0. The summed E-state index contributed by atoms with van der Waals surface area (Å²) in [5.74, 6) is 0.859. The van der Waals surface area contributed by atoms with E-state index < -0.39 is 0 Å². The van der Waals surface area contributed by atoms with Crippen LogP contribution in [0.15, 0.2) is 221 Å². The van der Waals surface area contributed by atoms with Gasteiger partial charge in [0.25, 0.3) is 0 Å². The lowest BCUT2D eigenvalue weighted by Gasteiger charge is -2.18. The molecule has 3 heterocycles. The minimum atomic E-state index is 0.835. The topological polar surface area (TPSA) is 31.2 Å². The van der Waals surface area contributed by atoms with Crippen LogP contribution in [-0.4, -0.2) is 4.57 Å². The molecule has 0 amide bonds. The standard InChI is InChI=1S/C58H35NO2/c1-4-16-36(17-5-1)57-49-35-53-48(34-54(49)61-58(57)37-18-6-2-7-19-37)47-32-38(29-31-52(47)60-53)55-43-23-10-12-25-45(43)56(46-26-13-11-24-44(46)55)39-28-30-42-41-22-14-15-27-50(41)59(51(42)33-39)40-20-8-3-9-21-40/h1-35H. The second-order valence-electron chi connectivity index (χ2n) is 16.0. The molecule has 0 N–H and O–H groups in total. The Bertz CT molecular complexity index is 3800. The molecular formula is C58H35NO2. The first kappa shape index (κ1) is 33.8. The molecule has 0 aliphatic carbocycles. The molecular weight excluding hydrogens is 743 g/mol. The summed E-state index contributed by atoms with van der Waals surface area (Å²) in [6, 6.07) is 76.1. The third-order valence-corrected chi connectivity index (χ3v) is 12.6. The number of hydrogen-bond donors (Lipinski definition) is 0. The highest BCUT2D eigenvalue weighted by Crippen LogP contribution is 2.47. The number of rotatable bonds is 5. The van der Waals surface area contributed by atoms with Gasteiger partial charge in [0.2, 0.25) is 0 Å². The van der Waals surface area contributed by atoms with E-state index in [4.69, 9.17) is 8.83 Å². The number of furan rings is 2. The highest BCUT2D eigenvalue weighted by molar-refractivity contribution is 6.23. The maximum atomic E-state index is 6.78. The van der Waals surface area contributed by atoms with Crippen molar-refractivity contribution in [3.05, 3.63) is 212 Å². The van der Waals surface area contributed by atoms with Gasteiger partial charge in [-0.2, -0.15) is 0 Å². The lowest BCUT2D eigenvalue weighted by atomic mass is 9.85. The van der Waals surface area contributed by atoms with Crippen molar-refractivity contribution in [2.75, 3.05) is 0 Å². The Hall–Kier alpha value is -8.14. The Morgan fingerprint density at radius 3 is 1.43 bits per heavy atom. The van der Waals surface area contributed by atoms with Gasteiger partial charge in [0.05, 0.1) is 11.0 Å². The fourth-order valence-corrected chi connectivity index (χ4v) is 9.94. The van der Waals surface area contributed by atoms with Crippen molar-refractivity contribution in [2.24, 2.45) is 0 Å². The molecule has 0 unspecified atom stereocenters. The van der Waals surface area contributed by atoms with Crippen LogP contribution >= 0.6 is 0 Å². The Labute approximate surface area is 350 Å². The fourth-order valence-electron chi connectivity index (χ4n) is 9.94. The highest BCUT2D eigenvalue weighted by Gasteiger charge is 2.22. The number of para-hydroxylation sites is 2. The average molecular weight is 778 g/mol. The summed E-state index contributed by atoms with van der Waals surface area (Å²) in [4.78, 5) is 0. The lowest BCUT2D eigenvalue weighted by molar-refractivity contribution is 0.632. The van der Waals surface area contributed by atoms with Crippen molar-refractivity contribution in [1.29, 1.82) is 0 Å². The maximum Gasteiger partial charge on any atom is 0.143 e. The smallest absolute Gasteiger partial charge is 0.143 e. The Balaban J connectivity index is 1.03. The third-order valence-electron chi connectivity index (χ3n) is 12.6. The first-order chi connectivity index (χ1) is 30.3. The first-order valence-electron chi connectivity index (χ1n) is 20.8. The van der Waals surface area contributed by atoms with Crippen LogP contribution in [-0.2, 0) is 0 Å². The molecule has 3 aromatic heterocycles. The maximum absolute atomic E-state index is 6.78. The quantitative estimate of drug-likeness (QED) is 0.163. The summed E-state index contributed by atoms with van der Waals surface area (Å²) in [6.07, 6.45) is 0. The van der Waals surface area contributed by atoms with Crippen LogP contribution in [0.5, 0.6) is 0 Å². The van der Waals surface area contributed by atoms with E-state index in [1.54, 1.807) is 0 Å². The van der Waals surface area contributed by atoms with E-state index in [0.717, 1.165) is 66.6 Å². The van der Waals surface area contributed by atoms with Gasteiger partial charge in [0.1, 0.15) is 22.5 Å². The van der Waals surface area contributed by atoms with Crippen molar-refractivity contribution < 1.29 is 8.83 Å². The van der Waals surface area contributed by atoms with E-state index >= 15 is 0 Å². The minimum Gasteiger partial charge on any atom is -0.456 e. The van der Waals surface area contributed by atoms with Gasteiger partial charge in [-0.3, -0.25) is 0 Å². The largest absolute Gasteiger partial charge is 0.456 e. The number of aromatic nitrogens is 1. The zero-order valence-electron chi connectivity index (χ0n) is 33.0. The molecule has 3 heteroatoms. The average Bonchev–Trinajstić information content (AvgIpc) is 3.99. The van der Waals surface area contributed by atoms with Gasteiger partial charge in [-0.1, -0.05) is 164 Å². The summed E-state index contributed by atoms with van der Waals surface area (Å²) < 4.78 is 15.9. The van der Waals surface area contributed by atoms with E-state index in [0.29, 0.717) is 0 Å². The van der Waals surface area contributed by atoms with Crippen molar-refractivity contribution >= 4 is 76.3 Å². The van der Waals surface area contributed by atoms with Crippen LogP contribution < -0.4 is 0 Å². The molecule has 0 bridgehead atoms. The zero-order chi connectivity index (χ0) is 40.0. The van der Waals surface area contributed by atoms with Crippen molar-refractivity contribution in [1.82, 2.24) is 4.57 Å². The van der Waals surface area contributed by atoms with E-state index in [-0.39, 0.29) is 0 Å². The van der Waals surface area contributed by atoms with Crippen LogP contribution in [0.1, 0.15) is 0 Å². The summed E-state index contributed by atoms with van der Waals surface area (Å²) in [7, 11) is 0. The van der Waals surface area contributed by atoms with Crippen LogP contribution in [0.2, 0.25) is 0 Å². The van der Waals surface area contributed by atoms with Crippen molar-refractivity contribution in [2.45, 2.75) is 0 Å². The molecule has 0 aliphatic heterocycles. The molecule has 0 spiro atoms. The molecule has 0 fully saturated rings. The normalized spacial score (nSPS) is 11.9. The number of benzene rings is 10. The second-order valence-corrected chi connectivity index (χ2v) is 16.0. The summed E-state index contributed by atoms with van der Waals surface area (Å²) in [5.41, 5.74) is 14.1. The van der Waals surface area contributed by atoms with Crippen LogP contribution in [0.3, 0.4) is 0 Å². The van der Waals surface area contributed by atoms with Gasteiger partial charge < -0.3 is 13.4 Å². The predicted octanol–water partition coefficient (Wildman–Crippen LogP) is 16.4. The molecule has 61 heavy (non-hydrogen) atoms. The number of nitrogens with zero attached hydrogens (tertiary/aromatic N) is 1. The van der Waals surface area contributed by atoms with Crippen LogP contribution in [0.25, 0.3) is 127 Å². The number of fused-ring (bicyclic) bond motifs is 9. The van der Waals surface area contributed by atoms with E-state index in [9.17, 15) is 0 Å². The van der Waals surface area contributed by atoms with E-state index in [1.807, 2.05) is 6.07 Å². The summed E-state index contributed by atoms with van der Waals surface area (Å²) in [5, 5.41) is 10.5. The molecule has 0 saturated carbocycles. The SMILES string of the molecule is c1ccc(-c2oc3cc4c(cc3c2-c2ccccc2)oc2ccc(-c3c5ccccc5c(-c5ccc6c7ccccc7n(-c7ccccc7)c6c5)c5ccccc35)cc24)cc1. The zero-order valence-corrected chi connectivity index (χ0v) is 33.0. The lowest BCUT2D eigenvalue weighted by Crippen LogP contribution is -1.94. The van der Waals surface area contributed by atoms with E-state index in [2.05, 4.69) is 211 Å². The van der Waals surface area contributed by atoms with Gasteiger partial charge in [-0.25, -0.2) is 0 Å². The Morgan fingerprint density at radius 2 is 0.754 bits per heavy atom. The van der Waals surface area contributed by atoms with Gasteiger partial charge in [0.15, 0.2) is 0 Å². The fraction of sp³-hybridized carbons (Fsp3) is 0. The molecule has 13 rings (SSSR count).